The average molecular weight is 433 g/mol. The van der Waals surface area contributed by atoms with Gasteiger partial charge in [0.1, 0.15) is 0 Å². The molecule has 0 spiro atoms. The molecule has 0 aromatic rings. The Kier molecular flexibility index (Phi) is 13.4. The van der Waals surface area contributed by atoms with Gasteiger partial charge in [0.05, 0.1) is 5.92 Å². The van der Waals surface area contributed by atoms with Crippen molar-refractivity contribution in [2.24, 2.45) is 11.8 Å². The zero-order valence-corrected chi connectivity index (χ0v) is 19.4. The van der Waals surface area contributed by atoms with E-state index in [9.17, 15) is 19.8 Å². The van der Waals surface area contributed by atoms with Crippen molar-refractivity contribution in [2.75, 3.05) is 0 Å². The minimum Gasteiger partial charge on any atom is -0.481 e. The van der Waals surface area contributed by atoms with Crippen molar-refractivity contribution >= 4 is 33.5 Å². The van der Waals surface area contributed by atoms with Gasteiger partial charge >= 0.3 is 11.9 Å². The number of rotatable bonds is 19. The van der Waals surface area contributed by atoms with Crippen molar-refractivity contribution < 1.29 is 19.8 Å². The van der Waals surface area contributed by atoms with Gasteiger partial charge in [0.2, 0.25) is 0 Å². The van der Waals surface area contributed by atoms with E-state index in [0.717, 1.165) is 19.3 Å². The summed E-state index contributed by atoms with van der Waals surface area (Å²) in [4.78, 5) is 23.0. The molecule has 2 N–H and O–H groups in total. The second kappa shape index (κ2) is 14.6. The first-order chi connectivity index (χ1) is 13.5. The van der Waals surface area contributed by atoms with Crippen molar-refractivity contribution in [1.82, 2.24) is 0 Å². The number of aliphatic carboxylic acids is 2. The van der Waals surface area contributed by atoms with Crippen LogP contribution in [-0.2, 0) is 9.59 Å². The van der Waals surface area contributed by atoms with Gasteiger partial charge in [-0.3, -0.25) is 4.79 Å². The standard InChI is InChI=1S/C22H40O4S2/c1-3-4-5-6-7-8-9-10-11-12-13-14-15-16-17-18(2)19(20(23)24)22(21(25)26)27-28-22/h18-19H,3-17H2,1-2H3,(H,23,24)(H,25,26). The zero-order chi connectivity index (χ0) is 20.8. The quantitative estimate of drug-likeness (QED) is 0.126. The molecular weight excluding hydrogens is 392 g/mol. The minimum absolute atomic E-state index is 0.103. The topological polar surface area (TPSA) is 74.6 Å². The van der Waals surface area contributed by atoms with Gasteiger partial charge in [-0.2, -0.15) is 0 Å². The first-order valence-corrected chi connectivity index (χ1v) is 13.4. The van der Waals surface area contributed by atoms with E-state index in [0.29, 0.717) is 0 Å². The molecule has 2 unspecified atom stereocenters. The smallest absolute Gasteiger partial charge is 0.332 e. The highest BCUT2D eigenvalue weighted by Gasteiger charge is 2.63. The summed E-state index contributed by atoms with van der Waals surface area (Å²) >= 11 is 0. The normalized spacial score (nSPS) is 17.2. The molecule has 164 valence electrons. The molecule has 1 rings (SSSR count). The van der Waals surface area contributed by atoms with Crippen molar-refractivity contribution in [2.45, 2.75) is 114 Å². The number of carboxylic acid groups (broad SMARTS) is 2. The lowest BCUT2D eigenvalue weighted by Crippen LogP contribution is -2.39. The fourth-order valence-corrected chi connectivity index (χ4v) is 6.39. The van der Waals surface area contributed by atoms with Crippen LogP contribution < -0.4 is 0 Å². The molecule has 4 nitrogen and oxygen atoms in total. The van der Waals surface area contributed by atoms with Crippen LogP contribution in [0.25, 0.3) is 0 Å². The molecule has 0 radical (unpaired) electrons. The molecule has 0 aliphatic carbocycles. The minimum atomic E-state index is -1.15. The number of hydrogen-bond donors (Lipinski definition) is 2. The summed E-state index contributed by atoms with van der Waals surface area (Å²) in [7, 11) is 2.38. The summed E-state index contributed by atoms with van der Waals surface area (Å²) in [6.07, 6.45) is 19.0. The van der Waals surface area contributed by atoms with Crippen LogP contribution in [0.5, 0.6) is 0 Å². The maximum absolute atomic E-state index is 11.6. The fraction of sp³-hybridized carbons (Fsp3) is 0.909. The first-order valence-electron chi connectivity index (χ1n) is 11.3. The lowest BCUT2D eigenvalue weighted by atomic mass is 9.86. The van der Waals surface area contributed by atoms with Crippen LogP contribution in [0.15, 0.2) is 0 Å². The van der Waals surface area contributed by atoms with Gasteiger partial charge in [0.15, 0.2) is 4.08 Å². The molecule has 1 saturated heterocycles. The summed E-state index contributed by atoms with van der Waals surface area (Å²) < 4.78 is -1.15. The van der Waals surface area contributed by atoms with Crippen molar-refractivity contribution in [3.05, 3.63) is 0 Å². The van der Waals surface area contributed by atoms with E-state index in [1.807, 2.05) is 6.92 Å². The molecule has 0 aromatic carbocycles. The van der Waals surface area contributed by atoms with Gasteiger partial charge in [0.25, 0.3) is 0 Å². The predicted octanol–water partition coefficient (Wildman–Crippen LogP) is 7.37. The Hall–Kier alpha value is -0.360. The molecule has 1 fully saturated rings. The summed E-state index contributed by atoms with van der Waals surface area (Å²) in [5.74, 6) is -2.88. The highest BCUT2D eigenvalue weighted by atomic mass is 33.2. The molecule has 28 heavy (non-hydrogen) atoms. The molecular formula is C22H40O4S2. The van der Waals surface area contributed by atoms with E-state index >= 15 is 0 Å². The lowest BCUT2D eigenvalue weighted by molar-refractivity contribution is -0.150. The molecule has 6 heteroatoms. The molecule has 0 saturated carbocycles. The van der Waals surface area contributed by atoms with Gasteiger partial charge in [0, 0.05) is 0 Å². The number of carboxylic acids is 2. The highest BCUT2D eigenvalue weighted by molar-refractivity contribution is 8.94. The lowest BCUT2D eigenvalue weighted by Gasteiger charge is -2.23. The van der Waals surface area contributed by atoms with Gasteiger partial charge in [-0.05, 0) is 12.3 Å². The van der Waals surface area contributed by atoms with Crippen molar-refractivity contribution in [3.63, 3.8) is 0 Å². The fourth-order valence-electron chi connectivity index (χ4n) is 3.96. The predicted molar refractivity (Wildman–Crippen MR) is 121 cm³/mol. The van der Waals surface area contributed by atoms with E-state index < -0.39 is 21.9 Å². The largest absolute Gasteiger partial charge is 0.481 e. The zero-order valence-electron chi connectivity index (χ0n) is 17.8. The van der Waals surface area contributed by atoms with Gasteiger partial charge < -0.3 is 10.2 Å². The van der Waals surface area contributed by atoms with Crippen LogP contribution in [0.2, 0.25) is 0 Å². The molecule has 0 amide bonds. The van der Waals surface area contributed by atoms with Crippen LogP contribution in [0.1, 0.15) is 110 Å². The Labute approximate surface area is 179 Å². The van der Waals surface area contributed by atoms with Crippen LogP contribution in [0.4, 0.5) is 0 Å². The number of unbranched alkanes of at least 4 members (excludes halogenated alkanes) is 13. The van der Waals surface area contributed by atoms with Crippen molar-refractivity contribution in [3.8, 4) is 0 Å². The molecule has 1 aliphatic rings. The molecule has 1 heterocycles. The Morgan fingerprint density at radius 3 is 1.46 bits per heavy atom. The second-order valence-corrected chi connectivity index (χ2v) is 11.2. The third kappa shape index (κ3) is 9.43. The number of hydrogen-bond acceptors (Lipinski definition) is 4. The molecule has 1 aliphatic heterocycles. The summed E-state index contributed by atoms with van der Waals surface area (Å²) in [6, 6.07) is 0. The van der Waals surface area contributed by atoms with Gasteiger partial charge in [-0.15, -0.1) is 0 Å². The number of carbonyl (C=O) groups is 2. The molecule has 2 atom stereocenters. The second-order valence-electron chi connectivity index (χ2n) is 8.32. The highest BCUT2D eigenvalue weighted by Crippen LogP contribution is 2.70. The van der Waals surface area contributed by atoms with Gasteiger partial charge in [-0.1, -0.05) is 125 Å². The molecule has 0 bridgehead atoms. The van der Waals surface area contributed by atoms with E-state index in [-0.39, 0.29) is 5.92 Å². The van der Waals surface area contributed by atoms with Crippen LogP contribution in [0, 0.1) is 11.8 Å². The molecule has 0 aromatic heterocycles. The van der Waals surface area contributed by atoms with E-state index in [2.05, 4.69) is 6.92 Å². The van der Waals surface area contributed by atoms with E-state index in [4.69, 9.17) is 0 Å². The van der Waals surface area contributed by atoms with Crippen LogP contribution >= 0.6 is 21.6 Å². The van der Waals surface area contributed by atoms with Gasteiger partial charge in [-0.25, -0.2) is 4.79 Å². The van der Waals surface area contributed by atoms with Crippen LogP contribution in [0.3, 0.4) is 0 Å². The summed E-state index contributed by atoms with van der Waals surface area (Å²) in [5, 5.41) is 18.9. The van der Waals surface area contributed by atoms with E-state index in [1.54, 1.807) is 0 Å². The Bertz CT molecular complexity index is 452. The SMILES string of the molecule is CCCCCCCCCCCCCCCCC(C)C(C(=O)O)C1(C(=O)O)SS1. The van der Waals surface area contributed by atoms with Crippen LogP contribution in [-0.4, -0.2) is 26.2 Å². The average Bonchev–Trinajstić information content (AvgIpc) is 3.43. The Balaban J connectivity index is 1.99. The Morgan fingerprint density at radius 1 is 0.750 bits per heavy atom. The summed E-state index contributed by atoms with van der Waals surface area (Å²) in [6.45, 7) is 4.15. The first kappa shape index (κ1) is 25.7. The third-order valence-corrected chi connectivity index (χ3v) is 8.78. The maximum atomic E-state index is 11.6. The maximum Gasteiger partial charge on any atom is 0.332 e. The Morgan fingerprint density at radius 2 is 1.14 bits per heavy atom. The third-order valence-electron chi connectivity index (χ3n) is 5.82. The summed E-state index contributed by atoms with van der Waals surface area (Å²) in [5.41, 5.74) is 0. The monoisotopic (exact) mass is 432 g/mol. The van der Waals surface area contributed by atoms with E-state index in [1.165, 1.54) is 98.6 Å². The van der Waals surface area contributed by atoms with Crippen molar-refractivity contribution in [1.29, 1.82) is 0 Å².